The summed E-state index contributed by atoms with van der Waals surface area (Å²) < 4.78 is 8.07. The first kappa shape index (κ1) is 8.04. The Morgan fingerprint density at radius 2 is 2.17 bits per heavy atom. The molecule has 12 heavy (non-hydrogen) atoms. The van der Waals surface area contributed by atoms with Crippen molar-refractivity contribution in [1.29, 1.82) is 0 Å². The zero-order valence-electron chi connectivity index (χ0n) is 5.90. The number of rotatable bonds is 1. The summed E-state index contributed by atoms with van der Waals surface area (Å²) in [4.78, 5) is 0. The van der Waals surface area contributed by atoms with Crippen LogP contribution in [0.5, 0.6) is 0 Å². The van der Waals surface area contributed by atoms with E-state index in [9.17, 15) is 0 Å². The van der Waals surface area contributed by atoms with E-state index in [4.69, 9.17) is 11.6 Å². The molecule has 60 valence electrons. The van der Waals surface area contributed by atoms with E-state index in [1.807, 2.05) is 24.3 Å². The van der Waals surface area contributed by atoms with Crippen molar-refractivity contribution < 1.29 is 0 Å². The van der Waals surface area contributed by atoms with Gasteiger partial charge in [0.25, 0.3) is 5.01 Å². The van der Waals surface area contributed by atoms with Crippen molar-refractivity contribution in [3.05, 3.63) is 29.3 Å². The third-order valence-electron chi connectivity index (χ3n) is 1.39. The van der Waals surface area contributed by atoms with Crippen molar-refractivity contribution in [3.63, 3.8) is 0 Å². The van der Waals surface area contributed by atoms with Gasteiger partial charge in [0, 0.05) is 0 Å². The van der Waals surface area contributed by atoms with Crippen LogP contribution in [0, 0.1) is 0 Å². The smallest absolute Gasteiger partial charge is 0.104 e. The molecule has 0 radical (unpaired) electrons. The molecule has 0 aliphatic heterocycles. The predicted octanol–water partition coefficient (Wildman–Crippen LogP) is 3.04. The molecule has 0 N–H and O–H groups in total. The Labute approximate surface area is 82.9 Å². The third kappa shape index (κ3) is 1.46. The average molecular weight is 216 g/mol. The first-order valence-electron chi connectivity index (χ1n) is 3.24. The van der Waals surface area contributed by atoms with Gasteiger partial charge in [0.05, 0.1) is 10.6 Å². The molecule has 5 heteroatoms. The van der Waals surface area contributed by atoms with Crippen molar-refractivity contribution in [2.75, 3.05) is 0 Å². The van der Waals surface area contributed by atoms with E-state index in [0.717, 1.165) is 15.6 Å². The molecule has 2 nitrogen and oxygen atoms in total. The molecule has 0 atom stereocenters. The van der Waals surface area contributed by atoms with Crippen LogP contribution in [0.15, 0.2) is 24.3 Å². The van der Waals surface area contributed by atoms with Crippen LogP contribution in [0.3, 0.4) is 0 Å². The van der Waals surface area contributed by atoms with Gasteiger partial charge in [0.2, 0.25) is 0 Å². The van der Waals surface area contributed by atoms with Gasteiger partial charge in [-0.05, 0) is 12.1 Å². The highest BCUT2D eigenvalue weighted by atomic mass is 35.5. The fraction of sp³-hybridized carbons (Fsp3) is 0. The van der Waals surface area contributed by atoms with Gasteiger partial charge in [0.15, 0.2) is 0 Å². The molecule has 2 rings (SSSR count). The minimum absolute atomic E-state index is 0.724. The Bertz CT molecular complexity index is 375. The zero-order chi connectivity index (χ0) is 8.39. The molecular formula is C7H4ClN2S2+. The van der Waals surface area contributed by atoms with Crippen molar-refractivity contribution >= 4 is 34.9 Å². The Balaban J connectivity index is 2.55. The lowest BCUT2D eigenvalue weighted by Gasteiger charge is -1.92. The molecule has 0 saturated heterocycles. The van der Waals surface area contributed by atoms with Crippen molar-refractivity contribution in [2.45, 2.75) is 0 Å². The standard InChI is InChI=1S/C7H4ClN2S2/c8-6-4-2-1-3-5(6)7-9-12-10-11-7/h1-4H/q+1. The van der Waals surface area contributed by atoms with E-state index in [1.165, 1.54) is 23.3 Å². The largest absolute Gasteiger partial charge is 0.335 e. The molecule has 0 unspecified atom stereocenters. The molecule has 1 aromatic heterocycles. The van der Waals surface area contributed by atoms with Crippen LogP contribution in [0.2, 0.25) is 5.02 Å². The van der Waals surface area contributed by atoms with Gasteiger partial charge in [-0.15, -0.1) is 4.37 Å². The number of aromatic nitrogens is 2. The molecule has 0 aliphatic rings. The summed E-state index contributed by atoms with van der Waals surface area (Å²) in [5.74, 6) is 0. The number of benzene rings is 1. The van der Waals surface area contributed by atoms with E-state index >= 15 is 0 Å². The number of hydrogen-bond acceptors (Lipinski definition) is 1. The fourth-order valence-electron chi connectivity index (χ4n) is 0.855. The molecule has 0 aliphatic carbocycles. The zero-order valence-corrected chi connectivity index (χ0v) is 8.29. The second-order valence-electron chi connectivity index (χ2n) is 2.12. The Hall–Kier alpha value is -0.580. The second-order valence-corrected chi connectivity index (χ2v) is 4.04. The molecule has 0 bridgehead atoms. The summed E-state index contributed by atoms with van der Waals surface area (Å²) in [7, 11) is 0. The number of halogens is 1. The van der Waals surface area contributed by atoms with Gasteiger partial charge in [-0.25, -0.2) is 0 Å². The molecule has 1 aromatic carbocycles. The van der Waals surface area contributed by atoms with Crippen LogP contribution in [0.25, 0.3) is 10.6 Å². The van der Waals surface area contributed by atoms with Crippen LogP contribution in [0.1, 0.15) is 0 Å². The first-order chi connectivity index (χ1) is 5.88. The number of nitrogens with zero attached hydrogens (tertiary/aromatic N) is 2. The van der Waals surface area contributed by atoms with Gasteiger partial charge < -0.3 is 0 Å². The minimum Gasteiger partial charge on any atom is -0.104 e. The maximum absolute atomic E-state index is 5.96. The highest BCUT2D eigenvalue weighted by molar-refractivity contribution is 7.19. The summed E-state index contributed by atoms with van der Waals surface area (Å²) in [6, 6.07) is 7.63. The molecule has 0 amide bonds. The van der Waals surface area contributed by atoms with E-state index < -0.39 is 0 Å². The van der Waals surface area contributed by atoms with Crippen LogP contribution in [-0.4, -0.2) is 4.37 Å². The quantitative estimate of drug-likeness (QED) is 0.684. The maximum Gasteiger partial charge on any atom is 0.335 e. The normalized spacial score (nSPS) is 10.1. The van der Waals surface area contributed by atoms with Crippen LogP contribution >= 0.6 is 34.9 Å². The second kappa shape index (κ2) is 3.43. The van der Waals surface area contributed by atoms with Gasteiger partial charge in [-0.1, -0.05) is 23.7 Å². The van der Waals surface area contributed by atoms with Crippen molar-refractivity contribution in [2.24, 2.45) is 0 Å². The fourth-order valence-corrected chi connectivity index (χ4v) is 2.37. The summed E-state index contributed by atoms with van der Waals surface area (Å²) in [6.45, 7) is 0. The summed E-state index contributed by atoms with van der Waals surface area (Å²) in [5, 5.41) is 1.60. The van der Waals surface area contributed by atoms with Gasteiger partial charge in [-0.2, -0.15) is 0 Å². The van der Waals surface area contributed by atoms with Gasteiger partial charge in [-0.3, -0.25) is 0 Å². The predicted molar refractivity (Wildman–Crippen MR) is 52.6 cm³/mol. The van der Waals surface area contributed by atoms with E-state index in [0.29, 0.717) is 0 Å². The minimum atomic E-state index is 0.724. The average Bonchev–Trinajstić information content (AvgIpc) is 2.57. The van der Waals surface area contributed by atoms with Crippen LogP contribution in [0.4, 0.5) is 0 Å². The summed E-state index contributed by atoms with van der Waals surface area (Å²) in [6.07, 6.45) is 0. The Morgan fingerprint density at radius 1 is 1.33 bits per heavy atom. The lowest BCUT2D eigenvalue weighted by molar-refractivity contribution is 1.57. The van der Waals surface area contributed by atoms with Crippen LogP contribution in [-0.2, 0) is 0 Å². The summed E-state index contributed by atoms with van der Waals surface area (Å²) >= 11 is 8.53. The lowest BCUT2D eigenvalue weighted by atomic mass is 10.2. The lowest BCUT2D eigenvalue weighted by Crippen LogP contribution is -1.74. The summed E-state index contributed by atoms with van der Waals surface area (Å²) in [5.41, 5.74) is 0.956. The molecule has 2 aromatic rings. The molecule has 0 saturated carbocycles. The first-order valence-corrected chi connectivity index (χ1v) is 5.12. The van der Waals surface area contributed by atoms with E-state index in [-0.39, 0.29) is 0 Å². The van der Waals surface area contributed by atoms with Gasteiger partial charge in [0.1, 0.15) is 3.76 Å². The Morgan fingerprint density at radius 3 is 2.83 bits per heavy atom. The van der Waals surface area contributed by atoms with Gasteiger partial charge >= 0.3 is 23.3 Å². The molecule has 0 spiro atoms. The van der Waals surface area contributed by atoms with Crippen LogP contribution < -0.4 is 3.76 Å². The highest BCUT2D eigenvalue weighted by Gasteiger charge is 2.13. The molecule has 0 fully saturated rings. The van der Waals surface area contributed by atoms with Crippen molar-refractivity contribution in [3.8, 4) is 10.6 Å². The monoisotopic (exact) mass is 215 g/mol. The molecular weight excluding hydrogens is 212 g/mol. The number of hydrogen-bond donors (Lipinski definition) is 0. The highest BCUT2D eigenvalue weighted by Crippen LogP contribution is 2.27. The third-order valence-corrected chi connectivity index (χ3v) is 3.14. The van der Waals surface area contributed by atoms with E-state index in [1.54, 1.807) is 0 Å². The maximum atomic E-state index is 5.96. The SMILES string of the molecule is Clc1ccccc1-c1n[s+][n-][s+]1. The topological polar surface area (TPSA) is 27.0 Å². The van der Waals surface area contributed by atoms with Crippen molar-refractivity contribution in [1.82, 2.24) is 8.14 Å². The molecule has 1 heterocycles. The Kier molecular flexibility index (Phi) is 2.30. The van der Waals surface area contributed by atoms with E-state index in [2.05, 4.69) is 8.14 Å².